The Labute approximate surface area is 153 Å². The third kappa shape index (κ3) is 5.56. The van der Waals surface area contributed by atoms with Gasteiger partial charge in [0.15, 0.2) is 0 Å². The van der Waals surface area contributed by atoms with Crippen LogP contribution in [0.4, 0.5) is 0 Å². The van der Waals surface area contributed by atoms with E-state index in [0.29, 0.717) is 6.42 Å². The van der Waals surface area contributed by atoms with Crippen LogP contribution in [0.2, 0.25) is 0 Å². The number of hydrogen-bond acceptors (Lipinski definition) is 5. The van der Waals surface area contributed by atoms with Crippen molar-refractivity contribution in [2.24, 2.45) is 0 Å². The number of aliphatic hydroxyl groups is 2. The number of aromatic amines is 1. The molecular weight excluding hydrogens is 336 g/mol. The molecule has 3 N–H and O–H groups in total. The second-order valence-electron chi connectivity index (χ2n) is 6.64. The van der Waals surface area contributed by atoms with E-state index in [2.05, 4.69) is 23.7 Å². The smallest absolute Gasteiger partial charge is 0.330 e. The lowest BCUT2D eigenvalue weighted by Gasteiger charge is -2.14. The van der Waals surface area contributed by atoms with Gasteiger partial charge in [0.2, 0.25) is 0 Å². The van der Waals surface area contributed by atoms with Crippen LogP contribution in [-0.4, -0.2) is 38.6 Å². The fourth-order valence-corrected chi connectivity index (χ4v) is 2.99. The predicted molar refractivity (Wildman–Crippen MR) is 97.8 cm³/mol. The SMILES string of the molecule is CCCCCCCCC#Cc1cn(C2CC(O)C(CO)O2)c(=O)[nH]c1=O. The molecule has 1 aromatic rings. The molecule has 3 atom stereocenters. The molecule has 7 nitrogen and oxygen atoms in total. The number of ether oxygens (including phenoxy) is 1. The highest BCUT2D eigenvalue weighted by molar-refractivity contribution is 5.29. The molecule has 0 radical (unpaired) electrons. The van der Waals surface area contributed by atoms with Crippen molar-refractivity contribution in [2.45, 2.75) is 76.7 Å². The molecule has 2 heterocycles. The molecule has 2 rings (SSSR count). The first-order chi connectivity index (χ1) is 12.6. The average Bonchev–Trinajstić information content (AvgIpc) is 2.99. The quantitative estimate of drug-likeness (QED) is 0.476. The lowest BCUT2D eigenvalue weighted by molar-refractivity contribution is -0.0459. The zero-order valence-corrected chi connectivity index (χ0v) is 15.2. The lowest BCUT2D eigenvalue weighted by atomic mass is 10.1. The number of nitrogens with zero attached hydrogens (tertiary/aromatic N) is 1. The number of aliphatic hydroxyl groups excluding tert-OH is 2. The summed E-state index contributed by atoms with van der Waals surface area (Å²) in [6, 6.07) is 0. The van der Waals surface area contributed by atoms with Crippen LogP contribution in [0.15, 0.2) is 15.8 Å². The van der Waals surface area contributed by atoms with Crippen molar-refractivity contribution < 1.29 is 14.9 Å². The molecule has 0 aliphatic carbocycles. The van der Waals surface area contributed by atoms with Crippen LogP contribution in [-0.2, 0) is 4.74 Å². The van der Waals surface area contributed by atoms with Crippen LogP contribution in [0, 0.1) is 11.8 Å². The van der Waals surface area contributed by atoms with Gasteiger partial charge in [-0.2, -0.15) is 0 Å². The number of rotatable bonds is 8. The highest BCUT2D eigenvalue weighted by Crippen LogP contribution is 2.27. The zero-order valence-electron chi connectivity index (χ0n) is 15.2. The third-order valence-electron chi connectivity index (χ3n) is 4.54. The summed E-state index contributed by atoms with van der Waals surface area (Å²) < 4.78 is 6.68. The molecular formula is C19H28N2O5. The second kappa shape index (κ2) is 10.3. The topological polar surface area (TPSA) is 105 Å². The van der Waals surface area contributed by atoms with Gasteiger partial charge < -0.3 is 14.9 Å². The van der Waals surface area contributed by atoms with Gasteiger partial charge in [0, 0.05) is 19.0 Å². The van der Waals surface area contributed by atoms with Crippen LogP contribution < -0.4 is 11.2 Å². The van der Waals surface area contributed by atoms with E-state index in [1.165, 1.54) is 36.4 Å². The predicted octanol–water partition coefficient (Wildman–Crippen LogP) is 1.28. The van der Waals surface area contributed by atoms with E-state index in [1.807, 2.05) is 0 Å². The summed E-state index contributed by atoms with van der Waals surface area (Å²) in [4.78, 5) is 26.2. The lowest BCUT2D eigenvalue weighted by Crippen LogP contribution is -2.33. The summed E-state index contributed by atoms with van der Waals surface area (Å²) in [6.07, 6.45) is 6.97. The van der Waals surface area contributed by atoms with Gasteiger partial charge in [0.1, 0.15) is 17.9 Å². The molecule has 0 bridgehead atoms. The number of H-pyrrole nitrogens is 1. The maximum absolute atomic E-state index is 12.0. The first-order valence-corrected chi connectivity index (χ1v) is 9.35. The summed E-state index contributed by atoms with van der Waals surface area (Å²) >= 11 is 0. The van der Waals surface area contributed by atoms with Gasteiger partial charge in [-0.1, -0.05) is 50.9 Å². The number of unbranched alkanes of at least 4 members (excludes halogenated alkanes) is 6. The third-order valence-corrected chi connectivity index (χ3v) is 4.54. The Morgan fingerprint density at radius 1 is 1.27 bits per heavy atom. The van der Waals surface area contributed by atoms with Crippen molar-refractivity contribution in [2.75, 3.05) is 6.61 Å². The minimum atomic E-state index is -0.855. The molecule has 0 aromatic carbocycles. The highest BCUT2D eigenvalue weighted by atomic mass is 16.5. The molecule has 1 aliphatic heterocycles. The highest BCUT2D eigenvalue weighted by Gasteiger charge is 2.35. The standard InChI is InChI=1S/C19H28N2O5/c1-2-3-4-5-6-7-8-9-10-14-12-21(19(25)20-18(14)24)17-11-15(23)16(13-22)26-17/h12,15-17,22-23H,2-8,11,13H2,1H3,(H,20,24,25). The summed E-state index contributed by atoms with van der Waals surface area (Å²) in [5.74, 6) is 5.81. The van der Waals surface area contributed by atoms with Crippen LogP contribution in [0.25, 0.3) is 0 Å². The Morgan fingerprint density at radius 3 is 2.69 bits per heavy atom. The number of nitrogens with one attached hydrogen (secondary N) is 1. The maximum atomic E-state index is 12.0. The Bertz CT molecular complexity index is 743. The van der Waals surface area contributed by atoms with E-state index in [1.54, 1.807) is 0 Å². The minimum absolute atomic E-state index is 0.168. The maximum Gasteiger partial charge on any atom is 0.330 e. The second-order valence-corrected chi connectivity index (χ2v) is 6.64. The van der Waals surface area contributed by atoms with Crippen molar-refractivity contribution in [1.29, 1.82) is 0 Å². The summed E-state index contributed by atoms with van der Waals surface area (Å²) in [6.45, 7) is 1.85. The van der Waals surface area contributed by atoms with Crippen molar-refractivity contribution in [3.63, 3.8) is 0 Å². The van der Waals surface area contributed by atoms with Gasteiger partial charge >= 0.3 is 5.69 Å². The molecule has 1 aromatic heterocycles. The van der Waals surface area contributed by atoms with E-state index in [-0.39, 0.29) is 18.6 Å². The molecule has 3 unspecified atom stereocenters. The monoisotopic (exact) mass is 364 g/mol. The van der Waals surface area contributed by atoms with Gasteiger partial charge in [0.25, 0.3) is 5.56 Å². The molecule has 0 amide bonds. The van der Waals surface area contributed by atoms with E-state index in [4.69, 9.17) is 9.84 Å². The van der Waals surface area contributed by atoms with Gasteiger partial charge in [-0.3, -0.25) is 14.3 Å². The fraction of sp³-hybridized carbons (Fsp3) is 0.684. The molecule has 0 saturated carbocycles. The zero-order chi connectivity index (χ0) is 18.9. The Balaban J connectivity index is 1.99. The normalized spacial score (nSPS) is 22.2. The fourth-order valence-electron chi connectivity index (χ4n) is 2.99. The molecule has 144 valence electrons. The van der Waals surface area contributed by atoms with Gasteiger partial charge in [0.05, 0.1) is 12.7 Å². The van der Waals surface area contributed by atoms with Crippen molar-refractivity contribution in [1.82, 2.24) is 9.55 Å². The van der Waals surface area contributed by atoms with E-state index in [0.717, 1.165) is 12.8 Å². The Hall–Kier alpha value is -1.88. The van der Waals surface area contributed by atoms with E-state index >= 15 is 0 Å². The summed E-state index contributed by atoms with van der Waals surface area (Å²) in [7, 11) is 0. The van der Waals surface area contributed by atoms with E-state index < -0.39 is 29.7 Å². The van der Waals surface area contributed by atoms with Crippen molar-refractivity contribution in [3.05, 3.63) is 32.6 Å². The van der Waals surface area contributed by atoms with Crippen molar-refractivity contribution >= 4 is 0 Å². The molecule has 26 heavy (non-hydrogen) atoms. The van der Waals surface area contributed by atoms with Crippen LogP contribution in [0.3, 0.4) is 0 Å². The molecule has 1 saturated heterocycles. The summed E-state index contributed by atoms with van der Waals surface area (Å²) in [5.41, 5.74) is -0.952. The van der Waals surface area contributed by atoms with Gasteiger partial charge in [-0.25, -0.2) is 4.79 Å². The average molecular weight is 364 g/mol. The van der Waals surface area contributed by atoms with Crippen LogP contribution >= 0.6 is 0 Å². The Kier molecular flexibility index (Phi) is 8.10. The number of hydrogen-bond donors (Lipinski definition) is 3. The van der Waals surface area contributed by atoms with Crippen LogP contribution in [0.5, 0.6) is 0 Å². The van der Waals surface area contributed by atoms with E-state index in [9.17, 15) is 14.7 Å². The summed E-state index contributed by atoms with van der Waals surface area (Å²) in [5, 5.41) is 19.0. The van der Waals surface area contributed by atoms with Crippen molar-refractivity contribution in [3.8, 4) is 11.8 Å². The number of aromatic nitrogens is 2. The van der Waals surface area contributed by atoms with Crippen LogP contribution in [0.1, 0.15) is 70.1 Å². The Morgan fingerprint density at radius 2 is 2.00 bits per heavy atom. The van der Waals surface area contributed by atoms with Gasteiger partial charge in [-0.15, -0.1) is 0 Å². The van der Waals surface area contributed by atoms with Gasteiger partial charge in [-0.05, 0) is 6.42 Å². The minimum Gasteiger partial charge on any atom is -0.394 e. The molecule has 1 aliphatic rings. The first-order valence-electron chi connectivity index (χ1n) is 9.35. The largest absolute Gasteiger partial charge is 0.394 e. The molecule has 7 heteroatoms. The first kappa shape index (κ1) is 20.4. The molecule has 0 spiro atoms. The molecule has 1 fully saturated rings.